The lowest BCUT2D eigenvalue weighted by atomic mass is 10.1. The molecule has 20 heavy (non-hydrogen) atoms. The van der Waals surface area contributed by atoms with Crippen molar-refractivity contribution in [1.82, 2.24) is 4.98 Å². The van der Waals surface area contributed by atoms with Crippen LogP contribution in [0.5, 0.6) is 11.5 Å². The van der Waals surface area contributed by atoms with Gasteiger partial charge in [0.2, 0.25) is 0 Å². The quantitative estimate of drug-likeness (QED) is 0.901. The second-order valence-electron chi connectivity index (χ2n) is 4.51. The van der Waals surface area contributed by atoms with Crippen LogP contribution in [0.1, 0.15) is 21.6 Å². The Kier molecular flexibility index (Phi) is 3.89. The van der Waals surface area contributed by atoms with Gasteiger partial charge in [0.05, 0.1) is 12.7 Å². The molecule has 5 heteroatoms. The summed E-state index contributed by atoms with van der Waals surface area (Å²) in [7, 11) is 1.50. The van der Waals surface area contributed by atoms with E-state index in [-0.39, 0.29) is 11.3 Å². The molecule has 0 bridgehead atoms. The van der Waals surface area contributed by atoms with Gasteiger partial charge in [-0.05, 0) is 49.7 Å². The Hall–Kier alpha value is -2.56. The summed E-state index contributed by atoms with van der Waals surface area (Å²) in [4.78, 5) is 16.4. The average Bonchev–Trinajstić information content (AvgIpc) is 2.37. The van der Waals surface area contributed by atoms with Crippen LogP contribution in [0.3, 0.4) is 0 Å². The number of benzene rings is 1. The molecule has 2 rings (SSSR count). The number of pyridine rings is 1. The Bertz CT molecular complexity index is 633. The molecule has 0 spiro atoms. The summed E-state index contributed by atoms with van der Waals surface area (Å²) in [5, 5.41) is 12.4. The summed E-state index contributed by atoms with van der Waals surface area (Å²) >= 11 is 0. The number of hydrogen-bond acceptors (Lipinski definition) is 4. The number of aromatic nitrogens is 1. The molecule has 1 aromatic heterocycles. The van der Waals surface area contributed by atoms with Crippen molar-refractivity contribution in [2.24, 2.45) is 0 Å². The number of phenols is 1. The molecule has 2 aromatic rings. The number of anilines is 1. The largest absolute Gasteiger partial charge is 0.507 e. The summed E-state index contributed by atoms with van der Waals surface area (Å²) in [5.74, 6) is 0.419. The number of aromatic hydroxyl groups is 1. The predicted molar refractivity (Wildman–Crippen MR) is 76.3 cm³/mol. The molecule has 0 saturated heterocycles. The first-order valence-electron chi connectivity index (χ1n) is 6.13. The Labute approximate surface area is 117 Å². The zero-order valence-electron chi connectivity index (χ0n) is 11.6. The summed E-state index contributed by atoms with van der Waals surface area (Å²) < 4.78 is 5.04. The molecule has 5 nitrogen and oxygen atoms in total. The second kappa shape index (κ2) is 5.61. The maximum absolute atomic E-state index is 12.2. The van der Waals surface area contributed by atoms with Crippen molar-refractivity contribution >= 4 is 11.7 Å². The Morgan fingerprint density at radius 3 is 2.65 bits per heavy atom. The Morgan fingerprint density at radius 2 is 2.00 bits per heavy atom. The molecule has 1 aromatic carbocycles. The van der Waals surface area contributed by atoms with Crippen molar-refractivity contribution in [1.29, 1.82) is 0 Å². The van der Waals surface area contributed by atoms with Crippen LogP contribution in [0, 0.1) is 13.8 Å². The van der Waals surface area contributed by atoms with Gasteiger partial charge in [-0.15, -0.1) is 0 Å². The van der Waals surface area contributed by atoms with Crippen LogP contribution in [0.2, 0.25) is 0 Å². The fourth-order valence-corrected chi connectivity index (χ4v) is 1.91. The van der Waals surface area contributed by atoms with E-state index in [1.54, 1.807) is 12.1 Å². The number of ether oxygens (including phenoxy) is 1. The minimum Gasteiger partial charge on any atom is -0.507 e. The second-order valence-corrected chi connectivity index (χ2v) is 4.51. The molecule has 0 aliphatic rings. The van der Waals surface area contributed by atoms with Crippen LogP contribution in [-0.2, 0) is 0 Å². The van der Waals surface area contributed by atoms with Crippen molar-refractivity contribution < 1.29 is 14.6 Å². The van der Waals surface area contributed by atoms with E-state index in [1.165, 1.54) is 19.2 Å². The summed E-state index contributed by atoms with van der Waals surface area (Å²) in [6, 6.07) is 8.16. The van der Waals surface area contributed by atoms with E-state index in [0.717, 1.165) is 11.3 Å². The van der Waals surface area contributed by atoms with Crippen molar-refractivity contribution in [3.05, 3.63) is 47.2 Å². The number of phenolic OH excluding ortho intramolecular Hbond substituents is 1. The number of methoxy groups -OCH3 is 1. The lowest BCUT2D eigenvalue weighted by Gasteiger charge is -2.09. The maximum atomic E-state index is 12.2. The molecule has 0 aliphatic heterocycles. The van der Waals surface area contributed by atoms with E-state index in [4.69, 9.17) is 4.74 Å². The minimum absolute atomic E-state index is 0.104. The molecule has 104 valence electrons. The van der Waals surface area contributed by atoms with Crippen molar-refractivity contribution in [2.45, 2.75) is 13.8 Å². The van der Waals surface area contributed by atoms with Gasteiger partial charge in [0.15, 0.2) is 0 Å². The summed E-state index contributed by atoms with van der Waals surface area (Å²) in [5.41, 5.74) is 1.96. The third kappa shape index (κ3) is 3.06. The van der Waals surface area contributed by atoms with Crippen LogP contribution in [-0.4, -0.2) is 23.1 Å². The average molecular weight is 272 g/mol. The standard InChI is InChI=1S/C15H16N2O3/c1-9-6-10(2)16-14(7-9)17-15(19)12-8-11(20-3)4-5-13(12)18/h4-8,18H,1-3H3,(H,16,17,19). The number of amides is 1. The molecule has 0 unspecified atom stereocenters. The van der Waals surface area contributed by atoms with Crippen LogP contribution in [0.15, 0.2) is 30.3 Å². The highest BCUT2D eigenvalue weighted by Gasteiger charge is 2.13. The van der Waals surface area contributed by atoms with Crippen molar-refractivity contribution in [2.75, 3.05) is 12.4 Å². The highest BCUT2D eigenvalue weighted by molar-refractivity contribution is 6.06. The molecule has 2 N–H and O–H groups in total. The number of aryl methyl sites for hydroxylation is 2. The minimum atomic E-state index is -0.432. The summed E-state index contributed by atoms with van der Waals surface area (Å²) in [6.45, 7) is 3.78. The van der Waals surface area contributed by atoms with Crippen LogP contribution in [0.4, 0.5) is 5.82 Å². The fraction of sp³-hybridized carbons (Fsp3) is 0.200. The number of nitrogens with zero attached hydrogens (tertiary/aromatic N) is 1. The van der Waals surface area contributed by atoms with Crippen LogP contribution in [0.25, 0.3) is 0 Å². The monoisotopic (exact) mass is 272 g/mol. The highest BCUT2D eigenvalue weighted by Crippen LogP contribution is 2.23. The molecule has 1 amide bonds. The van der Waals surface area contributed by atoms with E-state index in [9.17, 15) is 9.90 Å². The van der Waals surface area contributed by atoms with Gasteiger partial charge in [0, 0.05) is 5.69 Å². The van der Waals surface area contributed by atoms with Gasteiger partial charge in [0.25, 0.3) is 5.91 Å². The molecular weight excluding hydrogens is 256 g/mol. The number of carbonyl (C=O) groups is 1. The van der Waals surface area contributed by atoms with Gasteiger partial charge in [-0.25, -0.2) is 4.98 Å². The van der Waals surface area contributed by atoms with Crippen molar-refractivity contribution in [3.63, 3.8) is 0 Å². The fourth-order valence-electron chi connectivity index (χ4n) is 1.91. The number of rotatable bonds is 3. The Morgan fingerprint density at radius 1 is 1.25 bits per heavy atom. The van der Waals surface area contributed by atoms with Gasteiger partial charge in [-0.2, -0.15) is 0 Å². The van der Waals surface area contributed by atoms with E-state index < -0.39 is 5.91 Å². The van der Waals surface area contributed by atoms with E-state index >= 15 is 0 Å². The van der Waals surface area contributed by atoms with Gasteiger partial charge in [-0.3, -0.25) is 4.79 Å². The zero-order chi connectivity index (χ0) is 14.7. The third-order valence-corrected chi connectivity index (χ3v) is 2.79. The molecule has 0 saturated carbocycles. The molecule has 0 aliphatic carbocycles. The van der Waals surface area contributed by atoms with Gasteiger partial charge in [0.1, 0.15) is 17.3 Å². The number of carbonyl (C=O) groups excluding carboxylic acids is 1. The molecule has 1 heterocycles. The van der Waals surface area contributed by atoms with E-state index in [2.05, 4.69) is 10.3 Å². The van der Waals surface area contributed by atoms with E-state index in [1.807, 2.05) is 19.9 Å². The van der Waals surface area contributed by atoms with Gasteiger partial charge >= 0.3 is 0 Å². The maximum Gasteiger partial charge on any atom is 0.260 e. The molecular formula is C15H16N2O3. The highest BCUT2D eigenvalue weighted by atomic mass is 16.5. The smallest absolute Gasteiger partial charge is 0.260 e. The van der Waals surface area contributed by atoms with Gasteiger partial charge in [-0.1, -0.05) is 0 Å². The first-order chi connectivity index (χ1) is 9.49. The zero-order valence-corrected chi connectivity index (χ0v) is 11.6. The van der Waals surface area contributed by atoms with Crippen molar-refractivity contribution in [3.8, 4) is 11.5 Å². The molecule has 0 radical (unpaired) electrons. The lowest BCUT2D eigenvalue weighted by molar-refractivity contribution is 0.102. The number of hydrogen-bond donors (Lipinski definition) is 2. The van der Waals surface area contributed by atoms with Gasteiger partial charge < -0.3 is 15.2 Å². The SMILES string of the molecule is COc1ccc(O)c(C(=O)Nc2cc(C)cc(C)n2)c1. The Balaban J connectivity index is 2.27. The molecule has 0 fully saturated rings. The first-order valence-corrected chi connectivity index (χ1v) is 6.13. The number of nitrogens with one attached hydrogen (secondary N) is 1. The topological polar surface area (TPSA) is 71.5 Å². The van der Waals surface area contributed by atoms with Crippen LogP contribution < -0.4 is 10.1 Å². The first kappa shape index (κ1) is 13.9. The summed E-state index contributed by atoms with van der Waals surface area (Å²) in [6.07, 6.45) is 0. The predicted octanol–water partition coefficient (Wildman–Crippen LogP) is 2.66. The van der Waals surface area contributed by atoms with Crippen LogP contribution >= 0.6 is 0 Å². The molecule has 0 atom stereocenters. The van der Waals surface area contributed by atoms with E-state index in [0.29, 0.717) is 11.6 Å². The normalized spacial score (nSPS) is 10.2. The third-order valence-electron chi connectivity index (χ3n) is 2.79. The lowest BCUT2D eigenvalue weighted by Crippen LogP contribution is -2.13.